The van der Waals surface area contributed by atoms with E-state index in [2.05, 4.69) is 10.4 Å². The second kappa shape index (κ2) is 6.43. The maximum absolute atomic E-state index is 12.1. The van der Waals surface area contributed by atoms with E-state index in [1.165, 1.54) is 12.8 Å². The normalized spacial score (nSPS) is 20.2. The van der Waals surface area contributed by atoms with Crippen LogP contribution in [0.4, 0.5) is 5.82 Å². The van der Waals surface area contributed by atoms with E-state index >= 15 is 0 Å². The number of methoxy groups -OCH3 is 1. The molecule has 1 aliphatic carbocycles. The van der Waals surface area contributed by atoms with E-state index in [0.29, 0.717) is 6.42 Å². The van der Waals surface area contributed by atoms with E-state index in [4.69, 9.17) is 9.47 Å². The molecule has 1 atom stereocenters. The zero-order valence-corrected chi connectivity index (χ0v) is 14.6. The van der Waals surface area contributed by atoms with Gasteiger partial charge in [0.1, 0.15) is 5.82 Å². The molecule has 1 N–H and O–H groups in total. The lowest BCUT2D eigenvalue weighted by molar-refractivity contribution is -0.116. The predicted octanol–water partition coefficient (Wildman–Crippen LogP) is 3.22. The van der Waals surface area contributed by atoms with Gasteiger partial charge in [0.05, 0.1) is 19.4 Å². The van der Waals surface area contributed by atoms with Crippen LogP contribution >= 0.6 is 0 Å². The van der Waals surface area contributed by atoms with Gasteiger partial charge in [0.25, 0.3) is 0 Å². The molecule has 6 heteroatoms. The number of rotatable bonds is 4. The maximum atomic E-state index is 12.1. The zero-order valence-electron chi connectivity index (χ0n) is 14.6. The summed E-state index contributed by atoms with van der Waals surface area (Å²) in [6, 6.07) is 5.99. The minimum atomic E-state index is -0.0214. The molecule has 1 aromatic heterocycles. The van der Waals surface area contributed by atoms with Gasteiger partial charge in [0, 0.05) is 24.9 Å². The largest absolute Gasteiger partial charge is 0.493 e. The van der Waals surface area contributed by atoms with Crippen LogP contribution in [0.1, 0.15) is 49.1 Å². The summed E-state index contributed by atoms with van der Waals surface area (Å²) in [4.78, 5) is 12.1. The van der Waals surface area contributed by atoms with Crippen LogP contribution in [0.15, 0.2) is 24.4 Å². The van der Waals surface area contributed by atoms with Gasteiger partial charge in [0.15, 0.2) is 11.5 Å². The van der Waals surface area contributed by atoms with Crippen molar-refractivity contribution >= 4 is 11.7 Å². The highest BCUT2D eigenvalue weighted by atomic mass is 16.5. The third-order valence-corrected chi connectivity index (χ3v) is 5.18. The van der Waals surface area contributed by atoms with E-state index in [0.717, 1.165) is 41.3 Å². The first-order chi connectivity index (χ1) is 12.2. The molecule has 1 fully saturated rings. The molecule has 6 nitrogen and oxygen atoms in total. The van der Waals surface area contributed by atoms with Crippen molar-refractivity contribution in [1.29, 1.82) is 0 Å². The predicted molar refractivity (Wildman–Crippen MR) is 94.2 cm³/mol. The van der Waals surface area contributed by atoms with Crippen molar-refractivity contribution in [3.8, 4) is 11.5 Å². The number of carbonyl (C=O) groups excluding carboxylic acids is 1. The molecule has 1 amide bonds. The van der Waals surface area contributed by atoms with Crippen LogP contribution in [0.2, 0.25) is 0 Å². The second-order valence-corrected chi connectivity index (χ2v) is 6.81. The molecule has 0 radical (unpaired) electrons. The van der Waals surface area contributed by atoms with Crippen LogP contribution in [-0.2, 0) is 11.8 Å². The molecule has 1 aliphatic heterocycles. The number of nitrogens with zero attached hydrogens (tertiary/aromatic N) is 2. The lowest BCUT2D eigenvalue weighted by Crippen LogP contribution is -2.24. The van der Waals surface area contributed by atoms with Gasteiger partial charge in [-0.05, 0) is 43.4 Å². The highest BCUT2D eigenvalue weighted by Gasteiger charge is 2.30. The summed E-state index contributed by atoms with van der Waals surface area (Å²) in [5.41, 5.74) is 2.08. The van der Waals surface area contributed by atoms with Crippen molar-refractivity contribution in [3.05, 3.63) is 35.5 Å². The second-order valence-electron chi connectivity index (χ2n) is 6.81. The Bertz CT molecular complexity index is 793. The molecule has 0 spiro atoms. The number of benzene rings is 1. The molecule has 1 unspecified atom stereocenters. The van der Waals surface area contributed by atoms with Gasteiger partial charge < -0.3 is 14.8 Å². The van der Waals surface area contributed by atoms with E-state index < -0.39 is 0 Å². The highest BCUT2D eigenvalue weighted by Crippen LogP contribution is 2.40. The summed E-state index contributed by atoms with van der Waals surface area (Å²) < 4.78 is 13.4. The molecular weight excluding hydrogens is 318 g/mol. The Kier molecular flexibility index (Phi) is 4.11. The van der Waals surface area contributed by atoms with Crippen molar-refractivity contribution in [3.63, 3.8) is 0 Å². The van der Waals surface area contributed by atoms with Crippen LogP contribution < -0.4 is 14.8 Å². The first-order valence-electron chi connectivity index (χ1n) is 8.82. The van der Waals surface area contributed by atoms with Gasteiger partial charge in [-0.2, -0.15) is 5.10 Å². The van der Waals surface area contributed by atoms with Gasteiger partial charge in [-0.1, -0.05) is 6.07 Å². The maximum Gasteiger partial charge on any atom is 0.226 e. The van der Waals surface area contributed by atoms with Gasteiger partial charge in [0.2, 0.25) is 5.91 Å². The van der Waals surface area contributed by atoms with Crippen molar-refractivity contribution in [2.45, 2.75) is 44.1 Å². The van der Waals surface area contributed by atoms with Crippen LogP contribution in [0.5, 0.6) is 11.5 Å². The number of fused-ring (bicyclic) bond motifs is 1. The van der Waals surface area contributed by atoms with E-state index in [9.17, 15) is 4.79 Å². The summed E-state index contributed by atoms with van der Waals surface area (Å²) in [5, 5.41) is 7.18. The monoisotopic (exact) mass is 341 g/mol. The van der Waals surface area contributed by atoms with Gasteiger partial charge in [-0.3, -0.25) is 9.48 Å². The van der Waals surface area contributed by atoms with Gasteiger partial charge in [-0.15, -0.1) is 0 Å². The van der Waals surface area contributed by atoms with E-state index in [1.54, 1.807) is 11.8 Å². The van der Waals surface area contributed by atoms with Crippen molar-refractivity contribution in [2.75, 3.05) is 12.4 Å². The summed E-state index contributed by atoms with van der Waals surface area (Å²) in [6.45, 7) is 0. The molecule has 25 heavy (non-hydrogen) atoms. The van der Waals surface area contributed by atoms with Gasteiger partial charge >= 0.3 is 0 Å². The third kappa shape index (κ3) is 2.97. The Labute approximate surface area is 147 Å². The fourth-order valence-corrected chi connectivity index (χ4v) is 3.82. The third-order valence-electron chi connectivity index (χ3n) is 5.18. The standard InChI is InChI=1S/C19H23N3O3/c1-22-19-15(11-20-22)14(10-18(23)21-19)12-7-8-16(17(9-12)24-2)25-13-5-3-4-6-13/h7-9,11,13-14H,3-6,10H2,1-2H3,(H,21,23). The lowest BCUT2D eigenvalue weighted by atomic mass is 9.87. The Morgan fingerprint density at radius 1 is 1.24 bits per heavy atom. The zero-order chi connectivity index (χ0) is 17.4. The smallest absolute Gasteiger partial charge is 0.226 e. The van der Waals surface area contributed by atoms with Crippen LogP contribution in [-0.4, -0.2) is 28.9 Å². The minimum Gasteiger partial charge on any atom is -0.493 e. The van der Waals surface area contributed by atoms with Crippen molar-refractivity contribution < 1.29 is 14.3 Å². The topological polar surface area (TPSA) is 65.4 Å². The average molecular weight is 341 g/mol. The summed E-state index contributed by atoms with van der Waals surface area (Å²) >= 11 is 0. The number of aromatic nitrogens is 2. The van der Waals surface area contributed by atoms with Crippen LogP contribution in [0, 0.1) is 0 Å². The lowest BCUT2D eigenvalue weighted by Gasteiger charge is -2.24. The number of ether oxygens (including phenoxy) is 2. The number of anilines is 1. The van der Waals surface area contributed by atoms with Gasteiger partial charge in [-0.25, -0.2) is 0 Å². The Balaban J connectivity index is 1.65. The summed E-state index contributed by atoms with van der Waals surface area (Å²) in [5.74, 6) is 2.26. The molecule has 1 aromatic carbocycles. The number of hydrogen-bond donors (Lipinski definition) is 1. The Morgan fingerprint density at radius 3 is 2.80 bits per heavy atom. The molecule has 4 rings (SSSR count). The van der Waals surface area contributed by atoms with Crippen LogP contribution in [0.3, 0.4) is 0 Å². The average Bonchev–Trinajstić information content (AvgIpc) is 3.25. The molecule has 0 saturated heterocycles. The number of amides is 1. The SMILES string of the molecule is COc1cc(C2CC(=O)Nc3c2cnn3C)ccc1OC1CCCC1. The Hall–Kier alpha value is -2.50. The number of carbonyl (C=O) groups is 1. The van der Waals surface area contributed by atoms with Crippen LogP contribution in [0.25, 0.3) is 0 Å². The molecule has 132 valence electrons. The summed E-state index contributed by atoms with van der Waals surface area (Å²) in [7, 11) is 3.49. The van der Waals surface area contributed by atoms with Crippen molar-refractivity contribution in [2.24, 2.45) is 7.05 Å². The highest BCUT2D eigenvalue weighted by molar-refractivity contribution is 5.94. The number of hydrogen-bond acceptors (Lipinski definition) is 4. The first-order valence-corrected chi connectivity index (χ1v) is 8.82. The molecule has 0 bridgehead atoms. The number of aryl methyl sites for hydroxylation is 1. The number of nitrogens with one attached hydrogen (secondary N) is 1. The van der Waals surface area contributed by atoms with E-state index in [-0.39, 0.29) is 17.9 Å². The first kappa shape index (κ1) is 16.0. The quantitative estimate of drug-likeness (QED) is 0.927. The fraction of sp³-hybridized carbons (Fsp3) is 0.474. The molecule has 1 saturated carbocycles. The minimum absolute atomic E-state index is 0.00588. The molecular formula is C19H23N3O3. The molecule has 2 aliphatic rings. The molecule has 2 aromatic rings. The Morgan fingerprint density at radius 2 is 2.04 bits per heavy atom. The van der Waals surface area contributed by atoms with E-state index in [1.807, 2.05) is 31.4 Å². The van der Waals surface area contributed by atoms with Crippen molar-refractivity contribution in [1.82, 2.24) is 9.78 Å². The fourth-order valence-electron chi connectivity index (χ4n) is 3.82. The summed E-state index contributed by atoms with van der Waals surface area (Å²) in [6.07, 6.45) is 7.18. The molecule has 2 heterocycles.